The topological polar surface area (TPSA) is 62.2 Å². The molecule has 1 fully saturated rings. The molecule has 1 aromatic heterocycles. The number of rotatable bonds is 3. The number of carbonyl (C=O) groups excluding carboxylic acids is 1. The molecule has 0 bridgehead atoms. The SMILES string of the molecule is O=C(NC1CCC1)c1ccc(C#CCCO)cn1. The summed E-state index contributed by atoms with van der Waals surface area (Å²) in [6, 6.07) is 3.77. The Kier molecular flexibility index (Phi) is 4.32. The van der Waals surface area contributed by atoms with E-state index in [2.05, 4.69) is 22.1 Å². The van der Waals surface area contributed by atoms with Crippen molar-refractivity contribution < 1.29 is 9.90 Å². The van der Waals surface area contributed by atoms with Crippen molar-refractivity contribution >= 4 is 5.91 Å². The molecule has 94 valence electrons. The molecule has 18 heavy (non-hydrogen) atoms. The van der Waals surface area contributed by atoms with Crippen molar-refractivity contribution in [1.29, 1.82) is 0 Å². The van der Waals surface area contributed by atoms with E-state index >= 15 is 0 Å². The first-order chi connectivity index (χ1) is 8.79. The molecule has 0 radical (unpaired) electrons. The van der Waals surface area contributed by atoms with Crippen LogP contribution >= 0.6 is 0 Å². The zero-order valence-electron chi connectivity index (χ0n) is 10.1. The smallest absolute Gasteiger partial charge is 0.270 e. The fourth-order valence-corrected chi connectivity index (χ4v) is 1.63. The Balaban J connectivity index is 1.94. The van der Waals surface area contributed by atoms with Crippen LogP contribution in [0, 0.1) is 11.8 Å². The van der Waals surface area contributed by atoms with Crippen LogP contribution in [0.2, 0.25) is 0 Å². The summed E-state index contributed by atoms with van der Waals surface area (Å²) in [6.07, 6.45) is 5.36. The maximum atomic E-state index is 11.8. The number of aliphatic hydroxyl groups excluding tert-OH is 1. The highest BCUT2D eigenvalue weighted by Gasteiger charge is 2.20. The van der Waals surface area contributed by atoms with Gasteiger partial charge in [-0.2, -0.15) is 0 Å². The van der Waals surface area contributed by atoms with Crippen molar-refractivity contribution in [2.75, 3.05) is 6.61 Å². The van der Waals surface area contributed by atoms with E-state index in [0.29, 0.717) is 18.2 Å². The molecule has 0 atom stereocenters. The molecule has 0 aromatic carbocycles. The van der Waals surface area contributed by atoms with Gasteiger partial charge in [0.15, 0.2) is 0 Å². The van der Waals surface area contributed by atoms with E-state index in [-0.39, 0.29) is 12.5 Å². The third kappa shape index (κ3) is 3.31. The Hall–Kier alpha value is -1.86. The average molecular weight is 244 g/mol. The molecule has 2 rings (SSSR count). The minimum atomic E-state index is -0.116. The highest BCUT2D eigenvalue weighted by molar-refractivity contribution is 5.92. The standard InChI is InChI=1S/C14H16N2O2/c17-9-2-1-4-11-7-8-13(15-10-11)14(18)16-12-5-3-6-12/h7-8,10,12,17H,2-3,5-6,9H2,(H,16,18). The van der Waals surface area contributed by atoms with Gasteiger partial charge >= 0.3 is 0 Å². The minimum absolute atomic E-state index is 0.0578. The quantitative estimate of drug-likeness (QED) is 0.783. The zero-order valence-corrected chi connectivity index (χ0v) is 10.1. The van der Waals surface area contributed by atoms with E-state index in [9.17, 15) is 4.79 Å². The number of hydrogen-bond acceptors (Lipinski definition) is 3. The first-order valence-corrected chi connectivity index (χ1v) is 6.16. The zero-order chi connectivity index (χ0) is 12.8. The summed E-state index contributed by atoms with van der Waals surface area (Å²) in [5.74, 6) is 5.56. The van der Waals surface area contributed by atoms with E-state index < -0.39 is 0 Å². The molecule has 1 aliphatic carbocycles. The second-order valence-corrected chi connectivity index (χ2v) is 4.31. The molecule has 1 amide bonds. The molecule has 4 nitrogen and oxygen atoms in total. The number of aromatic nitrogens is 1. The normalized spacial score (nSPS) is 14.3. The Morgan fingerprint density at radius 1 is 1.50 bits per heavy atom. The van der Waals surface area contributed by atoms with Crippen molar-refractivity contribution in [3.8, 4) is 11.8 Å². The van der Waals surface area contributed by atoms with Gasteiger partial charge in [-0.25, -0.2) is 4.98 Å². The van der Waals surface area contributed by atoms with E-state index in [1.165, 1.54) is 6.42 Å². The van der Waals surface area contributed by atoms with E-state index in [4.69, 9.17) is 5.11 Å². The van der Waals surface area contributed by atoms with E-state index in [1.54, 1.807) is 18.3 Å². The molecular formula is C14H16N2O2. The van der Waals surface area contributed by atoms with E-state index in [1.807, 2.05) is 0 Å². The van der Waals surface area contributed by atoms with Crippen molar-refractivity contribution in [3.05, 3.63) is 29.6 Å². The van der Waals surface area contributed by atoms with Gasteiger partial charge in [-0.3, -0.25) is 4.79 Å². The van der Waals surface area contributed by atoms with Gasteiger partial charge < -0.3 is 10.4 Å². The van der Waals surface area contributed by atoms with Crippen molar-refractivity contribution in [1.82, 2.24) is 10.3 Å². The second kappa shape index (κ2) is 6.18. The molecule has 0 aliphatic heterocycles. The van der Waals surface area contributed by atoms with Crippen LogP contribution in [0.15, 0.2) is 18.3 Å². The van der Waals surface area contributed by atoms with Gasteiger partial charge in [0.2, 0.25) is 0 Å². The number of hydrogen-bond donors (Lipinski definition) is 2. The minimum Gasteiger partial charge on any atom is -0.395 e. The Labute approximate surface area is 106 Å². The molecule has 1 aromatic rings. The Morgan fingerprint density at radius 2 is 2.33 bits per heavy atom. The molecule has 0 saturated heterocycles. The summed E-state index contributed by atoms with van der Waals surface area (Å²) >= 11 is 0. The highest BCUT2D eigenvalue weighted by atomic mass is 16.2. The summed E-state index contributed by atoms with van der Waals surface area (Å²) in [7, 11) is 0. The van der Waals surface area contributed by atoms with E-state index in [0.717, 1.165) is 18.4 Å². The largest absolute Gasteiger partial charge is 0.395 e. The molecule has 2 N–H and O–H groups in total. The lowest BCUT2D eigenvalue weighted by Crippen LogP contribution is -2.39. The number of aliphatic hydroxyl groups is 1. The molecule has 1 heterocycles. The van der Waals surface area contributed by atoms with Gasteiger partial charge in [-0.1, -0.05) is 11.8 Å². The van der Waals surface area contributed by atoms with Crippen molar-refractivity contribution in [2.45, 2.75) is 31.7 Å². The van der Waals surface area contributed by atoms with Crippen LogP contribution in [0.1, 0.15) is 41.7 Å². The molecular weight excluding hydrogens is 228 g/mol. The average Bonchev–Trinajstić information content (AvgIpc) is 2.35. The van der Waals surface area contributed by atoms with Gasteiger partial charge in [-0.15, -0.1) is 0 Å². The Bertz CT molecular complexity index is 467. The summed E-state index contributed by atoms with van der Waals surface area (Å²) in [6.45, 7) is 0.0578. The first kappa shape index (κ1) is 12.6. The van der Waals surface area contributed by atoms with Crippen LogP contribution in [0.5, 0.6) is 0 Å². The highest BCUT2D eigenvalue weighted by Crippen LogP contribution is 2.18. The predicted octanol–water partition coefficient (Wildman–Crippen LogP) is 1.10. The predicted molar refractivity (Wildman–Crippen MR) is 67.9 cm³/mol. The van der Waals surface area contributed by atoms with Crippen LogP contribution in [-0.4, -0.2) is 28.6 Å². The number of nitrogens with zero attached hydrogens (tertiary/aromatic N) is 1. The maximum Gasteiger partial charge on any atom is 0.270 e. The number of carbonyl (C=O) groups is 1. The van der Waals surface area contributed by atoms with Crippen LogP contribution < -0.4 is 5.32 Å². The summed E-state index contributed by atoms with van der Waals surface area (Å²) in [5.41, 5.74) is 1.18. The summed E-state index contributed by atoms with van der Waals surface area (Å²) < 4.78 is 0. The van der Waals surface area contributed by atoms with Crippen molar-refractivity contribution in [2.24, 2.45) is 0 Å². The molecule has 1 saturated carbocycles. The van der Waals surface area contributed by atoms with Gasteiger partial charge in [0.25, 0.3) is 5.91 Å². The lowest BCUT2D eigenvalue weighted by atomic mass is 9.93. The lowest BCUT2D eigenvalue weighted by Gasteiger charge is -2.26. The van der Waals surface area contributed by atoms with Crippen LogP contribution in [0.3, 0.4) is 0 Å². The summed E-state index contributed by atoms with van der Waals surface area (Å²) in [5, 5.41) is 11.5. The molecule has 1 aliphatic rings. The van der Waals surface area contributed by atoms with Gasteiger partial charge in [0, 0.05) is 24.2 Å². The van der Waals surface area contributed by atoms with Crippen molar-refractivity contribution in [3.63, 3.8) is 0 Å². The van der Waals surface area contributed by atoms with Crippen LogP contribution in [0.25, 0.3) is 0 Å². The third-order valence-corrected chi connectivity index (χ3v) is 2.91. The van der Waals surface area contributed by atoms with Gasteiger partial charge in [-0.05, 0) is 31.4 Å². The maximum absolute atomic E-state index is 11.8. The van der Waals surface area contributed by atoms with Gasteiger partial charge in [0.1, 0.15) is 5.69 Å². The number of amides is 1. The monoisotopic (exact) mass is 244 g/mol. The summed E-state index contributed by atoms with van der Waals surface area (Å²) in [4.78, 5) is 15.9. The van der Waals surface area contributed by atoms with Crippen LogP contribution in [0.4, 0.5) is 0 Å². The first-order valence-electron chi connectivity index (χ1n) is 6.16. The fourth-order valence-electron chi connectivity index (χ4n) is 1.63. The number of nitrogens with one attached hydrogen (secondary N) is 1. The Morgan fingerprint density at radius 3 is 2.89 bits per heavy atom. The number of pyridine rings is 1. The molecule has 0 unspecified atom stereocenters. The molecule has 4 heteroatoms. The molecule has 0 spiro atoms. The third-order valence-electron chi connectivity index (χ3n) is 2.91. The van der Waals surface area contributed by atoms with Crippen LogP contribution in [-0.2, 0) is 0 Å². The van der Waals surface area contributed by atoms with Gasteiger partial charge in [0.05, 0.1) is 6.61 Å². The second-order valence-electron chi connectivity index (χ2n) is 4.31. The fraction of sp³-hybridized carbons (Fsp3) is 0.429. The lowest BCUT2D eigenvalue weighted by molar-refractivity contribution is 0.0912.